The number of carbonyl (C=O) groups excluding carboxylic acids is 1. The Bertz CT molecular complexity index is 1220. The van der Waals surface area contributed by atoms with E-state index in [9.17, 15) is 4.79 Å². The molecule has 0 bridgehead atoms. The molecule has 144 valence electrons. The molecule has 1 aliphatic heterocycles. The molecular formula is C25H23N3O. The molecule has 4 aromatic rings. The normalized spacial score (nSPS) is 13.5. The predicted octanol–water partition coefficient (Wildman–Crippen LogP) is 5.21. The summed E-state index contributed by atoms with van der Waals surface area (Å²) in [5.74, 6) is 0.00539. The Morgan fingerprint density at radius 3 is 2.52 bits per heavy atom. The average Bonchev–Trinajstić information content (AvgIpc) is 3.12. The number of pyridine rings is 1. The first kappa shape index (κ1) is 17.7. The summed E-state index contributed by atoms with van der Waals surface area (Å²) < 4.78 is 1.95. The van der Waals surface area contributed by atoms with Gasteiger partial charge in [-0.25, -0.2) is 4.98 Å². The van der Waals surface area contributed by atoms with Crippen LogP contribution < -0.4 is 4.90 Å². The van der Waals surface area contributed by atoms with Crippen molar-refractivity contribution in [2.24, 2.45) is 0 Å². The topological polar surface area (TPSA) is 37.6 Å². The van der Waals surface area contributed by atoms with E-state index in [-0.39, 0.29) is 5.91 Å². The molecule has 0 atom stereocenters. The minimum absolute atomic E-state index is 0.00539. The number of aryl methyl sites for hydroxylation is 3. The number of benzene rings is 2. The number of rotatable bonds is 2. The summed E-state index contributed by atoms with van der Waals surface area (Å²) in [6, 6.07) is 20.5. The van der Waals surface area contributed by atoms with Gasteiger partial charge in [0.25, 0.3) is 5.91 Å². The zero-order valence-electron chi connectivity index (χ0n) is 16.7. The Morgan fingerprint density at radius 1 is 0.931 bits per heavy atom. The zero-order valence-corrected chi connectivity index (χ0v) is 16.7. The third-order valence-corrected chi connectivity index (χ3v) is 5.65. The number of aromatic nitrogens is 2. The number of hydrogen-bond acceptors (Lipinski definition) is 2. The van der Waals surface area contributed by atoms with Crippen molar-refractivity contribution >= 4 is 17.2 Å². The van der Waals surface area contributed by atoms with E-state index in [0.29, 0.717) is 5.69 Å². The van der Waals surface area contributed by atoms with E-state index < -0.39 is 0 Å². The molecule has 0 N–H and O–H groups in total. The molecule has 29 heavy (non-hydrogen) atoms. The molecule has 0 saturated carbocycles. The predicted molar refractivity (Wildman–Crippen MR) is 117 cm³/mol. The smallest absolute Gasteiger partial charge is 0.277 e. The number of fused-ring (bicyclic) bond motifs is 2. The molecule has 0 saturated heterocycles. The second-order valence-corrected chi connectivity index (χ2v) is 7.80. The molecule has 5 rings (SSSR count). The molecule has 0 unspecified atom stereocenters. The van der Waals surface area contributed by atoms with E-state index in [0.717, 1.165) is 47.5 Å². The Morgan fingerprint density at radius 2 is 1.69 bits per heavy atom. The van der Waals surface area contributed by atoms with E-state index in [4.69, 9.17) is 4.98 Å². The standard InChI is InChI=1S/C25H23N3O/c1-17-9-12-20(13-10-17)23-24(28-16-18(2)11-14-22(28)26-23)25(29)27-15-5-7-19-6-3-4-8-21(19)27/h3-4,6,8-14,16H,5,7,15H2,1-2H3. The molecule has 1 amide bonds. The van der Waals surface area contributed by atoms with Crippen LogP contribution in [-0.4, -0.2) is 21.8 Å². The Hall–Kier alpha value is -3.40. The summed E-state index contributed by atoms with van der Waals surface area (Å²) in [5, 5.41) is 0. The first-order valence-corrected chi connectivity index (χ1v) is 10.1. The van der Waals surface area contributed by atoms with Gasteiger partial charge in [-0.05, 0) is 49.9 Å². The van der Waals surface area contributed by atoms with Crippen molar-refractivity contribution < 1.29 is 4.79 Å². The summed E-state index contributed by atoms with van der Waals surface area (Å²) in [4.78, 5) is 20.6. The lowest BCUT2D eigenvalue weighted by Gasteiger charge is -2.29. The maximum atomic E-state index is 13.9. The number of imidazole rings is 1. The number of amides is 1. The molecule has 4 nitrogen and oxygen atoms in total. The van der Waals surface area contributed by atoms with Gasteiger partial charge in [0.2, 0.25) is 0 Å². The fraction of sp³-hybridized carbons (Fsp3) is 0.200. The summed E-state index contributed by atoms with van der Waals surface area (Å²) in [5.41, 5.74) is 7.65. The molecule has 0 aliphatic carbocycles. The second-order valence-electron chi connectivity index (χ2n) is 7.80. The lowest BCUT2D eigenvalue weighted by molar-refractivity contribution is 0.0980. The minimum Gasteiger partial charge on any atom is -0.307 e. The molecule has 2 aromatic heterocycles. The van der Waals surface area contributed by atoms with Gasteiger partial charge in [0.1, 0.15) is 17.0 Å². The number of anilines is 1. The molecule has 3 heterocycles. The lowest BCUT2D eigenvalue weighted by Crippen LogP contribution is -2.36. The third-order valence-electron chi connectivity index (χ3n) is 5.65. The van der Waals surface area contributed by atoms with E-state index >= 15 is 0 Å². The van der Waals surface area contributed by atoms with Crippen LogP contribution in [-0.2, 0) is 6.42 Å². The summed E-state index contributed by atoms with van der Waals surface area (Å²) >= 11 is 0. The minimum atomic E-state index is 0.00539. The summed E-state index contributed by atoms with van der Waals surface area (Å²) in [6.07, 6.45) is 3.98. The highest BCUT2D eigenvalue weighted by Crippen LogP contribution is 2.32. The van der Waals surface area contributed by atoms with Gasteiger partial charge in [0.15, 0.2) is 0 Å². The van der Waals surface area contributed by atoms with Crippen molar-refractivity contribution in [1.29, 1.82) is 0 Å². The lowest BCUT2D eigenvalue weighted by atomic mass is 10.0. The Balaban J connectivity index is 1.71. The van der Waals surface area contributed by atoms with Crippen LogP contribution in [0.25, 0.3) is 16.9 Å². The fourth-order valence-corrected chi connectivity index (χ4v) is 4.14. The van der Waals surface area contributed by atoms with Gasteiger partial charge in [0, 0.05) is 24.0 Å². The van der Waals surface area contributed by atoms with Crippen LogP contribution in [0.1, 0.15) is 33.6 Å². The highest BCUT2D eigenvalue weighted by Gasteiger charge is 2.29. The van der Waals surface area contributed by atoms with Gasteiger partial charge in [-0.1, -0.05) is 54.1 Å². The molecular weight excluding hydrogens is 358 g/mol. The highest BCUT2D eigenvalue weighted by atomic mass is 16.2. The molecule has 4 heteroatoms. The number of para-hydroxylation sites is 1. The van der Waals surface area contributed by atoms with Crippen molar-refractivity contribution in [3.63, 3.8) is 0 Å². The number of nitrogens with zero attached hydrogens (tertiary/aromatic N) is 3. The van der Waals surface area contributed by atoms with Gasteiger partial charge in [-0.15, -0.1) is 0 Å². The summed E-state index contributed by atoms with van der Waals surface area (Å²) in [6.45, 7) is 4.82. The maximum absolute atomic E-state index is 13.9. The molecule has 1 aliphatic rings. The van der Waals surface area contributed by atoms with Crippen LogP contribution in [0.2, 0.25) is 0 Å². The first-order valence-electron chi connectivity index (χ1n) is 10.1. The van der Waals surface area contributed by atoms with Crippen LogP contribution in [0.5, 0.6) is 0 Å². The molecule has 0 radical (unpaired) electrons. The third kappa shape index (κ3) is 3.01. The van der Waals surface area contributed by atoms with Crippen LogP contribution in [0.15, 0.2) is 66.9 Å². The molecule has 2 aromatic carbocycles. The van der Waals surface area contributed by atoms with E-state index in [1.165, 1.54) is 11.1 Å². The summed E-state index contributed by atoms with van der Waals surface area (Å²) in [7, 11) is 0. The number of carbonyl (C=O) groups is 1. The van der Waals surface area contributed by atoms with Crippen molar-refractivity contribution in [3.05, 3.63) is 89.2 Å². The van der Waals surface area contributed by atoms with E-state index in [2.05, 4.69) is 25.1 Å². The van der Waals surface area contributed by atoms with Gasteiger partial charge in [-0.3, -0.25) is 9.20 Å². The van der Waals surface area contributed by atoms with Crippen molar-refractivity contribution in [1.82, 2.24) is 9.38 Å². The maximum Gasteiger partial charge on any atom is 0.277 e. The SMILES string of the molecule is Cc1ccc(-c2nc3ccc(C)cn3c2C(=O)N2CCCc3ccccc32)cc1. The van der Waals surface area contributed by atoms with Crippen LogP contribution in [0.3, 0.4) is 0 Å². The number of hydrogen-bond donors (Lipinski definition) is 0. The van der Waals surface area contributed by atoms with Gasteiger partial charge >= 0.3 is 0 Å². The Labute approximate surface area is 170 Å². The van der Waals surface area contributed by atoms with Crippen LogP contribution in [0.4, 0.5) is 5.69 Å². The first-order chi connectivity index (χ1) is 14.1. The monoisotopic (exact) mass is 381 g/mol. The zero-order chi connectivity index (χ0) is 20.0. The van der Waals surface area contributed by atoms with Gasteiger partial charge in [0.05, 0.1) is 0 Å². The Kier molecular flexibility index (Phi) is 4.20. The second kappa shape index (κ2) is 6.89. The highest BCUT2D eigenvalue weighted by molar-refractivity contribution is 6.09. The average molecular weight is 381 g/mol. The molecule has 0 spiro atoms. The van der Waals surface area contributed by atoms with Crippen molar-refractivity contribution in [2.75, 3.05) is 11.4 Å². The van der Waals surface area contributed by atoms with Crippen LogP contribution in [0, 0.1) is 13.8 Å². The van der Waals surface area contributed by atoms with E-state index in [1.807, 2.05) is 64.9 Å². The van der Waals surface area contributed by atoms with Gasteiger partial charge < -0.3 is 4.90 Å². The largest absolute Gasteiger partial charge is 0.307 e. The fourth-order valence-electron chi connectivity index (χ4n) is 4.14. The van der Waals surface area contributed by atoms with Crippen molar-refractivity contribution in [2.45, 2.75) is 26.7 Å². The van der Waals surface area contributed by atoms with Gasteiger partial charge in [-0.2, -0.15) is 0 Å². The van der Waals surface area contributed by atoms with Crippen LogP contribution >= 0.6 is 0 Å². The quantitative estimate of drug-likeness (QED) is 0.478. The van der Waals surface area contributed by atoms with Crippen molar-refractivity contribution in [3.8, 4) is 11.3 Å². The molecule has 0 fully saturated rings. The van der Waals surface area contributed by atoms with E-state index in [1.54, 1.807) is 0 Å².